The lowest BCUT2D eigenvalue weighted by Gasteiger charge is -2.26. The molecule has 1 fully saturated rings. The summed E-state index contributed by atoms with van der Waals surface area (Å²) in [5.41, 5.74) is 3.28. The molecule has 0 radical (unpaired) electrons. The van der Waals surface area contributed by atoms with E-state index in [0.717, 1.165) is 38.0 Å². The summed E-state index contributed by atoms with van der Waals surface area (Å²) in [5.74, 6) is 0. The number of aliphatic hydroxyl groups excluding tert-OH is 1. The van der Waals surface area contributed by atoms with E-state index in [2.05, 4.69) is 30.3 Å². The van der Waals surface area contributed by atoms with Crippen molar-refractivity contribution in [3.05, 3.63) is 101 Å². The molecule has 1 unspecified atom stereocenters. The van der Waals surface area contributed by atoms with Crippen LogP contribution in [0.25, 0.3) is 0 Å². The van der Waals surface area contributed by atoms with Crippen LogP contribution >= 0.6 is 7.37 Å². The van der Waals surface area contributed by atoms with Gasteiger partial charge in [-0.15, -0.1) is 0 Å². The second-order valence-corrected chi connectivity index (χ2v) is 11.1. The summed E-state index contributed by atoms with van der Waals surface area (Å²) in [4.78, 5) is 26.4. The fourth-order valence-electron chi connectivity index (χ4n) is 4.48. The smallest absolute Gasteiger partial charge is 0.212 e. The van der Waals surface area contributed by atoms with Crippen LogP contribution in [0, 0.1) is 20.8 Å². The fourth-order valence-corrected chi connectivity index (χ4v) is 5.92. The standard InChI is InChI=1S/C16H17O3P.C12H17NO/c1-11-9-12(2)15(13(3)10-11)16(17)20(18,19)14-7-5-4-6-8-14;14-12-6-8-13(9-7-12)10-11-4-2-1-3-5-11/h4-10H,1-3H3,(H,18,19);1-5,12,14H,6-10H2. The predicted octanol–water partition coefficient (Wildman–Crippen LogP) is 2.94. The Morgan fingerprint density at radius 2 is 1.44 bits per heavy atom. The van der Waals surface area contributed by atoms with Crippen molar-refractivity contribution in [1.29, 1.82) is 0 Å². The van der Waals surface area contributed by atoms with Gasteiger partial charge in [0.1, 0.15) is 13.9 Å². The number of hydrogen-bond donors (Lipinski definition) is 2. The van der Waals surface area contributed by atoms with Gasteiger partial charge in [-0.25, -0.2) is 0 Å². The highest BCUT2D eigenvalue weighted by Gasteiger charge is 2.25. The molecular formula is C28H34NO4P. The highest BCUT2D eigenvalue weighted by molar-refractivity contribution is 7.81. The molecule has 5 nitrogen and oxygen atoms in total. The molecule has 1 atom stereocenters. The van der Waals surface area contributed by atoms with E-state index in [9.17, 15) is 19.4 Å². The Morgan fingerprint density at radius 3 is 1.97 bits per heavy atom. The second-order valence-electron chi connectivity index (χ2n) is 9.11. The first-order valence-corrected chi connectivity index (χ1v) is 13.4. The Hall–Kier alpha value is -2.56. The molecule has 3 aromatic carbocycles. The number of rotatable bonds is 5. The third-order valence-electron chi connectivity index (χ3n) is 6.21. The molecule has 180 valence electrons. The van der Waals surface area contributed by atoms with Gasteiger partial charge in [0.05, 0.1) is 19.2 Å². The lowest BCUT2D eigenvalue weighted by Crippen LogP contribution is -3.12. The van der Waals surface area contributed by atoms with E-state index in [1.54, 1.807) is 36.9 Å². The van der Waals surface area contributed by atoms with Crippen LogP contribution in [0.4, 0.5) is 0 Å². The van der Waals surface area contributed by atoms with E-state index in [1.165, 1.54) is 17.7 Å². The van der Waals surface area contributed by atoms with Crippen molar-refractivity contribution in [3.63, 3.8) is 0 Å². The SMILES string of the molecule is Cc1cc(C)c(C(=O)P(=O)([O-])c2ccccc2)c(C)c1.OC1CC[NH+](Cc2ccccc2)CC1. The van der Waals surface area contributed by atoms with Gasteiger partial charge in [0.25, 0.3) is 0 Å². The van der Waals surface area contributed by atoms with E-state index >= 15 is 0 Å². The molecule has 0 aliphatic carbocycles. The summed E-state index contributed by atoms with van der Waals surface area (Å²) in [6, 6.07) is 22.1. The van der Waals surface area contributed by atoms with Crippen molar-refractivity contribution in [2.75, 3.05) is 13.1 Å². The Kier molecular flexibility index (Phi) is 8.98. The lowest BCUT2D eigenvalue weighted by molar-refractivity contribution is -0.919. The number of likely N-dealkylation sites (tertiary alicyclic amines) is 1. The fraction of sp³-hybridized carbons (Fsp3) is 0.321. The molecule has 0 amide bonds. The molecule has 1 heterocycles. The summed E-state index contributed by atoms with van der Waals surface area (Å²) >= 11 is 0. The number of carbonyl (C=O) groups excluding carboxylic acids is 1. The number of piperidine rings is 1. The van der Waals surface area contributed by atoms with Crippen LogP contribution in [-0.2, 0) is 11.1 Å². The van der Waals surface area contributed by atoms with Crippen molar-refractivity contribution in [2.24, 2.45) is 0 Å². The molecule has 0 saturated carbocycles. The second kappa shape index (κ2) is 11.7. The Labute approximate surface area is 202 Å². The maximum absolute atomic E-state index is 12.4. The van der Waals surface area contributed by atoms with Crippen LogP contribution in [0.2, 0.25) is 0 Å². The van der Waals surface area contributed by atoms with Gasteiger partial charge in [0.2, 0.25) is 5.52 Å². The van der Waals surface area contributed by atoms with Crippen LogP contribution < -0.4 is 15.1 Å². The van der Waals surface area contributed by atoms with Crippen LogP contribution in [0.5, 0.6) is 0 Å². The molecule has 34 heavy (non-hydrogen) atoms. The van der Waals surface area contributed by atoms with Crippen LogP contribution in [0.15, 0.2) is 72.8 Å². The summed E-state index contributed by atoms with van der Waals surface area (Å²) in [6.45, 7) is 8.76. The van der Waals surface area contributed by atoms with Gasteiger partial charge in [0, 0.05) is 29.3 Å². The summed E-state index contributed by atoms with van der Waals surface area (Å²) in [6.07, 6.45) is 1.87. The number of carbonyl (C=O) groups is 1. The van der Waals surface area contributed by atoms with Gasteiger partial charge >= 0.3 is 0 Å². The van der Waals surface area contributed by atoms with Gasteiger partial charge in [-0.2, -0.15) is 0 Å². The maximum atomic E-state index is 12.4. The van der Waals surface area contributed by atoms with E-state index < -0.39 is 12.9 Å². The average Bonchev–Trinajstić information content (AvgIpc) is 2.81. The zero-order valence-corrected chi connectivity index (χ0v) is 21.1. The predicted molar refractivity (Wildman–Crippen MR) is 135 cm³/mol. The van der Waals surface area contributed by atoms with Crippen LogP contribution in [0.1, 0.15) is 45.5 Å². The summed E-state index contributed by atoms with van der Waals surface area (Å²) in [5, 5.41) is 9.44. The average molecular weight is 480 g/mol. The largest absolute Gasteiger partial charge is 0.790 e. The van der Waals surface area contributed by atoms with Crippen LogP contribution in [-0.4, -0.2) is 29.8 Å². The number of quaternary nitrogens is 1. The highest BCUT2D eigenvalue weighted by Crippen LogP contribution is 2.40. The number of aryl methyl sites for hydroxylation is 3. The van der Waals surface area contributed by atoms with Crippen molar-refractivity contribution in [1.82, 2.24) is 0 Å². The summed E-state index contributed by atoms with van der Waals surface area (Å²) in [7, 11) is -4.32. The molecule has 6 heteroatoms. The van der Waals surface area contributed by atoms with Crippen LogP contribution in [0.3, 0.4) is 0 Å². The molecule has 1 aliphatic rings. The number of aliphatic hydroxyl groups is 1. The Bertz CT molecular complexity index is 1120. The van der Waals surface area contributed by atoms with Gasteiger partial charge in [-0.3, -0.25) is 4.79 Å². The topological polar surface area (TPSA) is 81.9 Å². The Morgan fingerprint density at radius 1 is 0.941 bits per heavy atom. The zero-order chi connectivity index (χ0) is 24.7. The number of benzene rings is 3. The van der Waals surface area contributed by atoms with Crippen molar-refractivity contribution in [3.8, 4) is 0 Å². The molecule has 0 aromatic heterocycles. The first kappa shape index (κ1) is 26.1. The van der Waals surface area contributed by atoms with E-state index in [1.807, 2.05) is 19.1 Å². The first-order valence-electron chi connectivity index (χ1n) is 11.7. The molecule has 1 saturated heterocycles. The van der Waals surface area contributed by atoms with Gasteiger partial charge in [-0.1, -0.05) is 78.4 Å². The molecule has 4 rings (SSSR count). The quantitative estimate of drug-likeness (QED) is 0.552. The molecule has 0 bridgehead atoms. The zero-order valence-electron chi connectivity index (χ0n) is 20.2. The highest BCUT2D eigenvalue weighted by atomic mass is 31.2. The lowest BCUT2D eigenvalue weighted by atomic mass is 10.0. The Balaban J connectivity index is 0.000000202. The van der Waals surface area contributed by atoms with E-state index in [4.69, 9.17) is 0 Å². The molecule has 1 aliphatic heterocycles. The van der Waals surface area contributed by atoms with Crippen molar-refractivity contribution >= 4 is 18.2 Å². The molecular weight excluding hydrogens is 445 g/mol. The third-order valence-corrected chi connectivity index (χ3v) is 7.95. The molecule has 3 aromatic rings. The minimum absolute atomic E-state index is 0.0467. The van der Waals surface area contributed by atoms with Crippen molar-refractivity contribution < 1.29 is 24.3 Å². The summed E-state index contributed by atoms with van der Waals surface area (Å²) < 4.78 is 12.4. The maximum Gasteiger partial charge on any atom is 0.212 e. The third kappa shape index (κ3) is 6.74. The minimum atomic E-state index is -4.32. The molecule has 0 spiro atoms. The van der Waals surface area contributed by atoms with E-state index in [-0.39, 0.29) is 17.0 Å². The van der Waals surface area contributed by atoms with Crippen molar-refractivity contribution in [2.45, 2.75) is 46.3 Å². The van der Waals surface area contributed by atoms with Gasteiger partial charge in [0.15, 0.2) is 0 Å². The number of hydrogen-bond acceptors (Lipinski definition) is 4. The minimum Gasteiger partial charge on any atom is -0.790 e. The van der Waals surface area contributed by atoms with E-state index in [0.29, 0.717) is 11.1 Å². The normalized spacial score (nSPS) is 19.4. The number of nitrogens with one attached hydrogen (secondary N) is 1. The monoisotopic (exact) mass is 479 g/mol. The molecule has 2 N–H and O–H groups in total. The first-order chi connectivity index (χ1) is 16.2. The van der Waals surface area contributed by atoms with Gasteiger partial charge in [-0.05, 0) is 31.9 Å². The van der Waals surface area contributed by atoms with Gasteiger partial charge < -0.3 is 19.5 Å².